The molecule has 0 aliphatic carbocycles. The van der Waals surface area contributed by atoms with Crippen LogP contribution in [0.4, 0.5) is 5.95 Å². The summed E-state index contributed by atoms with van der Waals surface area (Å²) in [6.45, 7) is -0.116. The molecule has 0 spiro atoms. The maximum absolute atomic E-state index is 12.7. The molecule has 0 bridgehead atoms. The largest absolute Gasteiger partial charge is 0.347 e. The summed E-state index contributed by atoms with van der Waals surface area (Å²) in [4.78, 5) is 37.4. The number of hydrogen-bond donors (Lipinski definition) is 1. The Morgan fingerprint density at radius 2 is 2.04 bits per heavy atom. The Labute approximate surface area is 151 Å². The molecule has 0 aliphatic heterocycles. The number of aromatic nitrogens is 7. The molecular formula is C15H13N9O3. The summed E-state index contributed by atoms with van der Waals surface area (Å²) in [5.74, 6) is -0.837. The van der Waals surface area contributed by atoms with Gasteiger partial charge in [-0.3, -0.25) is 19.5 Å². The van der Waals surface area contributed by atoms with Gasteiger partial charge in [0, 0.05) is 14.1 Å². The monoisotopic (exact) mass is 367 g/mol. The van der Waals surface area contributed by atoms with Gasteiger partial charge in [-0.2, -0.15) is 10.4 Å². The van der Waals surface area contributed by atoms with Crippen LogP contribution in [0, 0.1) is 11.3 Å². The molecule has 0 unspecified atom stereocenters. The Morgan fingerprint density at radius 1 is 1.26 bits per heavy atom. The highest BCUT2D eigenvalue weighted by Crippen LogP contribution is 2.05. The van der Waals surface area contributed by atoms with Gasteiger partial charge in [0.15, 0.2) is 0 Å². The molecule has 0 atom stereocenters. The number of aryl methyl sites for hydroxylation is 2. The molecule has 1 amide bonds. The predicted molar refractivity (Wildman–Crippen MR) is 90.7 cm³/mol. The second-order valence-corrected chi connectivity index (χ2v) is 5.54. The lowest BCUT2D eigenvalue weighted by Crippen LogP contribution is -2.44. The third-order valence-corrected chi connectivity index (χ3v) is 3.66. The molecule has 3 rings (SSSR count). The fourth-order valence-electron chi connectivity index (χ4n) is 2.32. The quantitative estimate of drug-likeness (QED) is 0.593. The van der Waals surface area contributed by atoms with Gasteiger partial charge >= 0.3 is 5.69 Å². The van der Waals surface area contributed by atoms with E-state index >= 15 is 0 Å². The molecule has 27 heavy (non-hydrogen) atoms. The lowest BCUT2D eigenvalue weighted by Gasteiger charge is -2.09. The Hall–Kier alpha value is -4.14. The highest BCUT2D eigenvalue weighted by atomic mass is 16.2. The number of rotatable bonds is 4. The normalized spacial score (nSPS) is 10.4. The van der Waals surface area contributed by atoms with Crippen molar-refractivity contribution >= 4 is 11.9 Å². The van der Waals surface area contributed by atoms with Crippen LogP contribution in [0.25, 0.3) is 0 Å². The minimum atomic E-state index is -0.868. The first kappa shape index (κ1) is 17.7. The van der Waals surface area contributed by atoms with Crippen molar-refractivity contribution in [2.45, 2.75) is 6.54 Å². The standard InChI is InChI=1S/C15H13N9O3/c1-22-14(18-20-21-22)17-12(25)11-13(26)24(15(27)23(2)19-11)8-10-5-3-4-9(6-10)7-16/h3-6H,8H2,1-2H3,(H,17,18,21,25). The van der Waals surface area contributed by atoms with Gasteiger partial charge in [-0.15, -0.1) is 0 Å². The number of nitrogens with zero attached hydrogens (tertiary/aromatic N) is 8. The van der Waals surface area contributed by atoms with Gasteiger partial charge in [-0.05, 0) is 28.1 Å². The minimum Gasteiger partial charge on any atom is -0.288 e. The van der Waals surface area contributed by atoms with Gasteiger partial charge in [0.2, 0.25) is 11.6 Å². The Morgan fingerprint density at radius 3 is 2.70 bits per heavy atom. The highest BCUT2D eigenvalue weighted by Gasteiger charge is 2.20. The topological polar surface area (TPSA) is 153 Å². The van der Waals surface area contributed by atoms with Crippen molar-refractivity contribution in [1.29, 1.82) is 5.26 Å². The van der Waals surface area contributed by atoms with Crippen LogP contribution in [-0.2, 0) is 20.6 Å². The summed E-state index contributed by atoms with van der Waals surface area (Å²) in [5, 5.41) is 25.6. The van der Waals surface area contributed by atoms with E-state index in [0.717, 1.165) is 9.25 Å². The molecule has 2 aromatic heterocycles. The first-order valence-corrected chi connectivity index (χ1v) is 7.61. The summed E-state index contributed by atoms with van der Waals surface area (Å²) < 4.78 is 2.96. The van der Waals surface area contributed by atoms with Crippen LogP contribution in [0.1, 0.15) is 21.6 Å². The molecule has 0 saturated carbocycles. The van der Waals surface area contributed by atoms with Crippen molar-refractivity contribution in [1.82, 2.24) is 34.6 Å². The lowest BCUT2D eigenvalue weighted by atomic mass is 10.1. The van der Waals surface area contributed by atoms with E-state index in [2.05, 4.69) is 25.9 Å². The smallest absolute Gasteiger partial charge is 0.288 e. The van der Waals surface area contributed by atoms with Crippen LogP contribution in [0.15, 0.2) is 33.9 Å². The molecule has 0 radical (unpaired) electrons. The SMILES string of the molecule is Cn1nnnc1NC(=O)c1nn(C)c(=O)n(Cc2cccc(C#N)c2)c1=O. The van der Waals surface area contributed by atoms with Crippen LogP contribution >= 0.6 is 0 Å². The van der Waals surface area contributed by atoms with Gasteiger partial charge in [-0.1, -0.05) is 17.2 Å². The maximum Gasteiger partial charge on any atom is 0.347 e. The second kappa shape index (κ2) is 7.00. The van der Waals surface area contributed by atoms with Gasteiger partial charge in [-0.25, -0.2) is 14.2 Å². The molecule has 0 saturated heterocycles. The Bertz CT molecular complexity index is 1180. The molecular weight excluding hydrogens is 354 g/mol. The summed E-state index contributed by atoms with van der Waals surface area (Å²) in [7, 11) is 2.83. The first-order chi connectivity index (χ1) is 12.9. The molecule has 136 valence electrons. The zero-order valence-electron chi connectivity index (χ0n) is 14.3. The fourth-order valence-corrected chi connectivity index (χ4v) is 2.32. The number of carbonyl (C=O) groups is 1. The summed E-state index contributed by atoms with van der Waals surface area (Å²) in [5.41, 5.74) is -1.11. The zero-order valence-corrected chi connectivity index (χ0v) is 14.3. The van der Waals surface area contributed by atoms with Crippen molar-refractivity contribution in [3.8, 4) is 6.07 Å². The molecule has 0 fully saturated rings. The number of anilines is 1. The summed E-state index contributed by atoms with van der Waals surface area (Å²) in [6, 6.07) is 8.44. The van der Waals surface area contributed by atoms with Crippen molar-refractivity contribution in [3.63, 3.8) is 0 Å². The zero-order chi connectivity index (χ0) is 19.6. The lowest BCUT2D eigenvalue weighted by molar-refractivity contribution is 0.101. The third kappa shape index (κ3) is 3.47. The Balaban J connectivity index is 2.01. The van der Waals surface area contributed by atoms with E-state index in [-0.39, 0.29) is 12.5 Å². The van der Waals surface area contributed by atoms with Crippen LogP contribution in [0.5, 0.6) is 0 Å². The molecule has 2 heterocycles. The molecule has 12 nitrogen and oxygen atoms in total. The van der Waals surface area contributed by atoms with E-state index in [1.807, 2.05) is 6.07 Å². The van der Waals surface area contributed by atoms with E-state index in [0.29, 0.717) is 11.1 Å². The van der Waals surface area contributed by atoms with Crippen LogP contribution in [0.3, 0.4) is 0 Å². The van der Waals surface area contributed by atoms with Crippen molar-refractivity contribution in [2.24, 2.45) is 14.1 Å². The van der Waals surface area contributed by atoms with E-state index < -0.39 is 22.9 Å². The van der Waals surface area contributed by atoms with Crippen LogP contribution in [0.2, 0.25) is 0 Å². The molecule has 3 aromatic rings. The van der Waals surface area contributed by atoms with Gasteiger partial charge < -0.3 is 0 Å². The number of nitriles is 1. The van der Waals surface area contributed by atoms with Gasteiger partial charge in [0.1, 0.15) is 0 Å². The van der Waals surface area contributed by atoms with E-state index in [4.69, 9.17) is 5.26 Å². The van der Waals surface area contributed by atoms with E-state index in [1.54, 1.807) is 24.3 Å². The molecule has 1 aromatic carbocycles. The van der Waals surface area contributed by atoms with Crippen LogP contribution in [-0.4, -0.2) is 40.5 Å². The summed E-state index contributed by atoms with van der Waals surface area (Å²) >= 11 is 0. The van der Waals surface area contributed by atoms with E-state index in [1.165, 1.54) is 18.8 Å². The average molecular weight is 367 g/mol. The number of nitrogens with one attached hydrogen (secondary N) is 1. The summed E-state index contributed by atoms with van der Waals surface area (Å²) in [6.07, 6.45) is 0. The number of tetrazole rings is 1. The van der Waals surface area contributed by atoms with Gasteiger partial charge in [0.25, 0.3) is 11.5 Å². The van der Waals surface area contributed by atoms with Crippen molar-refractivity contribution in [3.05, 3.63) is 61.9 Å². The Kier molecular flexibility index (Phi) is 4.58. The molecule has 12 heteroatoms. The minimum absolute atomic E-state index is 0.0170. The number of carbonyl (C=O) groups excluding carboxylic acids is 1. The van der Waals surface area contributed by atoms with Gasteiger partial charge in [0.05, 0.1) is 18.2 Å². The third-order valence-electron chi connectivity index (χ3n) is 3.66. The number of benzene rings is 1. The first-order valence-electron chi connectivity index (χ1n) is 7.61. The fraction of sp³-hybridized carbons (Fsp3) is 0.200. The second-order valence-electron chi connectivity index (χ2n) is 5.54. The maximum atomic E-state index is 12.7. The average Bonchev–Trinajstić information content (AvgIpc) is 3.06. The molecule has 0 aliphatic rings. The van der Waals surface area contributed by atoms with Crippen LogP contribution < -0.4 is 16.6 Å². The highest BCUT2D eigenvalue weighted by molar-refractivity contribution is 6.01. The van der Waals surface area contributed by atoms with Crippen molar-refractivity contribution in [2.75, 3.05) is 5.32 Å². The molecule has 1 N–H and O–H groups in total. The predicted octanol–water partition coefficient (Wildman–Crippen LogP) is -1.36. The number of hydrogen-bond acceptors (Lipinski definition) is 8. The number of amides is 1. The van der Waals surface area contributed by atoms with Crippen molar-refractivity contribution < 1.29 is 4.79 Å². The van der Waals surface area contributed by atoms with E-state index in [9.17, 15) is 14.4 Å².